The van der Waals surface area contributed by atoms with E-state index >= 15 is 0 Å². The summed E-state index contributed by atoms with van der Waals surface area (Å²) < 4.78 is 5.35. The van der Waals surface area contributed by atoms with Crippen LogP contribution >= 0.6 is 0 Å². The largest absolute Gasteiger partial charge is 0.381 e. The molecule has 3 amide bonds. The van der Waals surface area contributed by atoms with E-state index in [4.69, 9.17) is 4.74 Å². The molecule has 5 heteroatoms. The van der Waals surface area contributed by atoms with Crippen molar-refractivity contribution < 1.29 is 14.3 Å². The second kappa shape index (κ2) is 4.64. The van der Waals surface area contributed by atoms with Gasteiger partial charge in [-0.3, -0.25) is 9.69 Å². The summed E-state index contributed by atoms with van der Waals surface area (Å²) in [5, 5.41) is 2.56. The van der Waals surface area contributed by atoms with Gasteiger partial charge in [0.25, 0.3) is 0 Å². The summed E-state index contributed by atoms with van der Waals surface area (Å²) in [5.41, 5.74) is -0.0406. The molecule has 5 nitrogen and oxygen atoms in total. The average Bonchev–Trinajstić information content (AvgIpc) is 2.62. The summed E-state index contributed by atoms with van der Waals surface area (Å²) in [7, 11) is 0. The van der Waals surface area contributed by atoms with E-state index in [0.29, 0.717) is 12.5 Å². The Hall–Kier alpha value is -1.10. The van der Waals surface area contributed by atoms with Gasteiger partial charge in [-0.25, -0.2) is 4.79 Å². The third-order valence-electron chi connectivity index (χ3n) is 3.83. The first-order valence-corrected chi connectivity index (χ1v) is 6.16. The highest BCUT2D eigenvalue weighted by molar-refractivity contribution is 6.01. The Labute approximate surface area is 101 Å². The standard InChI is InChI=1S/C12H20N2O3/c1-12(2,9-3-5-17-6-4-9)8-14-10(15)7-13-11(14)16/h9H,3-8H2,1-2H3,(H,13,16). The zero-order valence-electron chi connectivity index (χ0n) is 10.5. The molecule has 96 valence electrons. The summed E-state index contributed by atoms with van der Waals surface area (Å²) in [6, 6.07) is -0.255. The van der Waals surface area contributed by atoms with Gasteiger partial charge in [0.1, 0.15) is 0 Å². The lowest BCUT2D eigenvalue weighted by Gasteiger charge is -2.38. The number of imide groups is 1. The van der Waals surface area contributed by atoms with Gasteiger partial charge in [0.2, 0.25) is 5.91 Å². The van der Waals surface area contributed by atoms with Crippen molar-refractivity contribution in [2.75, 3.05) is 26.3 Å². The van der Waals surface area contributed by atoms with E-state index in [2.05, 4.69) is 19.2 Å². The van der Waals surface area contributed by atoms with Crippen molar-refractivity contribution in [2.24, 2.45) is 11.3 Å². The van der Waals surface area contributed by atoms with Crippen LogP contribution in [-0.4, -0.2) is 43.1 Å². The first-order valence-electron chi connectivity index (χ1n) is 6.16. The smallest absolute Gasteiger partial charge is 0.324 e. The topological polar surface area (TPSA) is 58.6 Å². The van der Waals surface area contributed by atoms with Crippen molar-refractivity contribution in [3.8, 4) is 0 Å². The molecule has 2 saturated heterocycles. The van der Waals surface area contributed by atoms with E-state index < -0.39 is 0 Å². The second-order valence-corrected chi connectivity index (χ2v) is 5.51. The molecular weight excluding hydrogens is 220 g/mol. The molecule has 2 aliphatic heterocycles. The quantitative estimate of drug-likeness (QED) is 0.748. The van der Waals surface area contributed by atoms with Crippen LogP contribution in [0.2, 0.25) is 0 Å². The highest BCUT2D eigenvalue weighted by Crippen LogP contribution is 2.35. The van der Waals surface area contributed by atoms with Crippen LogP contribution < -0.4 is 5.32 Å². The first-order chi connectivity index (χ1) is 8.00. The Morgan fingerprint density at radius 3 is 2.53 bits per heavy atom. The number of urea groups is 1. The lowest BCUT2D eigenvalue weighted by Crippen LogP contribution is -2.43. The lowest BCUT2D eigenvalue weighted by molar-refractivity contribution is -0.126. The van der Waals surface area contributed by atoms with Gasteiger partial charge in [0.05, 0.1) is 6.54 Å². The minimum absolute atomic E-state index is 0.0406. The molecule has 0 bridgehead atoms. The SMILES string of the molecule is CC(C)(CN1C(=O)CNC1=O)C1CCOCC1. The fourth-order valence-electron chi connectivity index (χ4n) is 2.63. The first kappa shape index (κ1) is 12.4. The van der Waals surface area contributed by atoms with Crippen LogP contribution in [0.5, 0.6) is 0 Å². The van der Waals surface area contributed by atoms with E-state index in [1.54, 1.807) is 0 Å². The molecule has 1 N–H and O–H groups in total. The van der Waals surface area contributed by atoms with Crippen molar-refractivity contribution in [2.45, 2.75) is 26.7 Å². The van der Waals surface area contributed by atoms with Crippen molar-refractivity contribution in [1.82, 2.24) is 10.2 Å². The summed E-state index contributed by atoms with van der Waals surface area (Å²) >= 11 is 0. The minimum Gasteiger partial charge on any atom is -0.381 e. The van der Waals surface area contributed by atoms with Crippen molar-refractivity contribution in [1.29, 1.82) is 0 Å². The maximum absolute atomic E-state index is 11.6. The normalized spacial score (nSPS) is 23.1. The number of ether oxygens (including phenoxy) is 1. The summed E-state index contributed by atoms with van der Waals surface area (Å²) in [6.45, 7) is 6.47. The molecule has 2 fully saturated rings. The second-order valence-electron chi connectivity index (χ2n) is 5.51. The van der Waals surface area contributed by atoms with Crippen LogP contribution in [0.4, 0.5) is 4.79 Å². The van der Waals surface area contributed by atoms with E-state index in [-0.39, 0.29) is 23.9 Å². The van der Waals surface area contributed by atoms with Crippen molar-refractivity contribution >= 4 is 11.9 Å². The number of carbonyl (C=O) groups excluding carboxylic acids is 2. The number of hydrogen-bond acceptors (Lipinski definition) is 3. The molecule has 0 saturated carbocycles. The van der Waals surface area contributed by atoms with Gasteiger partial charge >= 0.3 is 6.03 Å². The Morgan fingerprint density at radius 2 is 2.00 bits per heavy atom. The van der Waals surface area contributed by atoms with Gasteiger partial charge in [-0.2, -0.15) is 0 Å². The third kappa shape index (κ3) is 2.60. The predicted molar refractivity (Wildman–Crippen MR) is 62.4 cm³/mol. The Morgan fingerprint density at radius 1 is 1.35 bits per heavy atom. The van der Waals surface area contributed by atoms with Gasteiger partial charge in [0.15, 0.2) is 0 Å². The van der Waals surface area contributed by atoms with Gasteiger partial charge < -0.3 is 10.1 Å². The molecule has 0 spiro atoms. The fourth-order valence-corrected chi connectivity index (χ4v) is 2.63. The predicted octanol–water partition coefficient (Wildman–Crippen LogP) is 0.991. The molecule has 0 unspecified atom stereocenters. The van der Waals surface area contributed by atoms with Crippen LogP contribution in [0.25, 0.3) is 0 Å². The molecule has 0 atom stereocenters. The molecule has 0 aromatic carbocycles. The van der Waals surface area contributed by atoms with Crippen LogP contribution in [0.15, 0.2) is 0 Å². The Kier molecular flexibility index (Phi) is 3.38. The van der Waals surface area contributed by atoms with Crippen molar-refractivity contribution in [3.63, 3.8) is 0 Å². The van der Waals surface area contributed by atoms with Crippen LogP contribution in [0.3, 0.4) is 0 Å². The molecule has 2 rings (SSSR count). The molecule has 17 heavy (non-hydrogen) atoms. The van der Waals surface area contributed by atoms with Crippen LogP contribution in [-0.2, 0) is 9.53 Å². The minimum atomic E-state index is -0.255. The van der Waals surface area contributed by atoms with E-state index in [1.165, 1.54) is 4.90 Å². The highest BCUT2D eigenvalue weighted by Gasteiger charge is 2.38. The summed E-state index contributed by atoms with van der Waals surface area (Å²) in [6.07, 6.45) is 2.02. The maximum Gasteiger partial charge on any atom is 0.324 e. The lowest BCUT2D eigenvalue weighted by atomic mass is 9.74. The van der Waals surface area contributed by atoms with Gasteiger partial charge in [-0.15, -0.1) is 0 Å². The maximum atomic E-state index is 11.6. The van der Waals surface area contributed by atoms with Gasteiger partial charge in [0, 0.05) is 19.8 Å². The number of hydrogen-bond donors (Lipinski definition) is 1. The summed E-state index contributed by atoms with van der Waals surface area (Å²) in [5.74, 6) is 0.396. The molecule has 2 heterocycles. The Balaban J connectivity index is 2.00. The van der Waals surface area contributed by atoms with Gasteiger partial charge in [-0.1, -0.05) is 13.8 Å². The van der Waals surface area contributed by atoms with E-state index in [0.717, 1.165) is 26.1 Å². The molecule has 2 aliphatic rings. The number of amides is 3. The van der Waals surface area contributed by atoms with E-state index in [1.807, 2.05) is 0 Å². The number of nitrogens with zero attached hydrogens (tertiary/aromatic N) is 1. The zero-order valence-corrected chi connectivity index (χ0v) is 10.5. The third-order valence-corrected chi connectivity index (χ3v) is 3.83. The monoisotopic (exact) mass is 240 g/mol. The van der Waals surface area contributed by atoms with E-state index in [9.17, 15) is 9.59 Å². The number of nitrogens with one attached hydrogen (secondary N) is 1. The highest BCUT2D eigenvalue weighted by atomic mass is 16.5. The molecule has 0 aromatic heterocycles. The summed E-state index contributed by atoms with van der Waals surface area (Å²) in [4.78, 5) is 24.4. The zero-order chi connectivity index (χ0) is 12.5. The average molecular weight is 240 g/mol. The molecular formula is C12H20N2O3. The molecule has 0 aromatic rings. The van der Waals surface area contributed by atoms with Crippen LogP contribution in [0, 0.1) is 11.3 Å². The number of rotatable bonds is 3. The van der Waals surface area contributed by atoms with Crippen LogP contribution in [0.1, 0.15) is 26.7 Å². The Bertz CT molecular complexity index is 306. The van der Waals surface area contributed by atoms with Crippen molar-refractivity contribution in [3.05, 3.63) is 0 Å². The van der Waals surface area contributed by atoms with Gasteiger partial charge in [-0.05, 0) is 24.2 Å². The molecule has 0 aliphatic carbocycles. The number of carbonyl (C=O) groups is 2. The fraction of sp³-hybridized carbons (Fsp3) is 0.833. The molecule has 0 radical (unpaired) electrons.